The van der Waals surface area contributed by atoms with Gasteiger partial charge in [0.05, 0.1) is 0 Å². The van der Waals surface area contributed by atoms with Gasteiger partial charge in [-0.1, -0.05) is 24.3 Å². The lowest BCUT2D eigenvalue weighted by Crippen LogP contribution is -2.44. The van der Waals surface area contributed by atoms with Crippen molar-refractivity contribution in [3.63, 3.8) is 0 Å². The predicted molar refractivity (Wildman–Crippen MR) is 70.3 cm³/mol. The molecule has 2 N–H and O–H groups in total. The molecule has 3 heteroatoms. The van der Waals surface area contributed by atoms with E-state index in [9.17, 15) is 0 Å². The van der Waals surface area contributed by atoms with Crippen LogP contribution in [-0.2, 0) is 6.42 Å². The van der Waals surface area contributed by atoms with E-state index in [1.165, 1.54) is 17.0 Å². The largest absolute Gasteiger partial charge is 0.356 e. The highest BCUT2D eigenvalue weighted by molar-refractivity contribution is 6.00. The normalized spacial score (nSPS) is 21.0. The summed E-state index contributed by atoms with van der Waals surface area (Å²) < 4.78 is 0. The molecule has 2 heterocycles. The molecule has 1 fully saturated rings. The van der Waals surface area contributed by atoms with Gasteiger partial charge in [-0.25, -0.2) is 0 Å². The van der Waals surface area contributed by atoms with Gasteiger partial charge in [0.15, 0.2) is 0 Å². The lowest BCUT2D eigenvalue weighted by atomic mass is 9.98. The smallest absolute Gasteiger partial charge is 0.131 e. The Labute approximate surface area is 102 Å². The van der Waals surface area contributed by atoms with E-state index >= 15 is 0 Å². The second kappa shape index (κ2) is 4.49. The summed E-state index contributed by atoms with van der Waals surface area (Å²) in [4.78, 5) is 7.13. The summed E-state index contributed by atoms with van der Waals surface area (Å²) in [6.45, 7) is 3.03. The Hall–Kier alpha value is -1.35. The van der Waals surface area contributed by atoms with Gasteiger partial charge < -0.3 is 10.6 Å². The summed E-state index contributed by atoms with van der Waals surface area (Å²) in [7, 11) is 0. The van der Waals surface area contributed by atoms with Crippen LogP contribution in [0.2, 0.25) is 0 Å². The SMILES string of the molecule is NC1CCN(C2=NCCc3ccccc32)CC1. The lowest BCUT2D eigenvalue weighted by Gasteiger charge is -2.34. The van der Waals surface area contributed by atoms with Crippen LogP contribution < -0.4 is 5.73 Å². The maximum atomic E-state index is 5.95. The van der Waals surface area contributed by atoms with Crippen LogP contribution in [0.15, 0.2) is 29.3 Å². The first-order chi connectivity index (χ1) is 8.34. The molecule has 0 radical (unpaired) electrons. The monoisotopic (exact) mass is 229 g/mol. The molecule has 0 amide bonds. The van der Waals surface area contributed by atoms with Crippen molar-refractivity contribution in [1.29, 1.82) is 0 Å². The number of piperidine rings is 1. The second-order valence-electron chi connectivity index (χ2n) is 4.94. The van der Waals surface area contributed by atoms with Crippen LogP contribution in [-0.4, -0.2) is 36.4 Å². The van der Waals surface area contributed by atoms with Crippen molar-refractivity contribution < 1.29 is 0 Å². The first-order valence-corrected chi connectivity index (χ1v) is 6.48. The molecule has 0 aliphatic carbocycles. The summed E-state index contributed by atoms with van der Waals surface area (Å²) in [5.41, 5.74) is 8.72. The van der Waals surface area contributed by atoms with E-state index in [1.807, 2.05) is 0 Å². The summed E-state index contributed by atoms with van der Waals surface area (Å²) in [6, 6.07) is 9.02. The number of rotatable bonds is 0. The molecule has 2 aliphatic rings. The van der Waals surface area contributed by atoms with Crippen molar-refractivity contribution in [2.75, 3.05) is 19.6 Å². The molecule has 0 aromatic heterocycles. The topological polar surface area (TPSA) is 41.6 Å². The Morgan fingerprint density at radius 3 is 2.76 bits per heavy atom. The number of aliphatic imine (C=N–C) groups is 1. The lowest BCUT2D eigenvalue weighted by molar-refractivity contribution is 0.312. The minimum atomic E-state index is 0.380. The summed E-state index contributed by atoms with van der Waals surface area (Å²) in [5.74, 6) is 1.19. The zero-order valence-electron chi connectivity index (χ0n) is 10.1. The van der Waals surface area contributed by atoms with Crippen molar-refractivity contribution in [2.24, 2.45) is 10.7 Å². The minimum absolute atomic E-state index is 0.380. The molecule has 0 atom stereocenters. The summed E-state index contributed by atoms with van der Waals surface area (Å²) in [5, 5.41) is 0. The molecule has 0 spiro atoms. The van der Waals surface area contributed by atoms with Gasteiger partial charge in [-0.05, 0) is 24.8 Å². The van der Waals surface area contributed by atoms with E-state index in [1.54, 1.807) is 0 Å². The van der Waals surface area contributed by atoms with Crippen molar-refractivity contribution in [3.8, 4) is 0 Å². The van der Waals surface area contributed by atoms with Crippen LogP contribution >= 0.6 is 0 Å². The Morgan fingerprint density at radius 2 is 1.94 bits per heavy atom. The first-order valence-electron chi connectivity index (χ1n) is 6.48. The van der Waals surface area contributed by atoms with E-state index in [-0.39, 0.29) is 0 Å². The molecule has 1 aromatic rings. The van der Waals surface area contributed by atoms with E-state index in [0.29, 0.717) is 6.04 Å². The molecule has 90 valence electrons. The maximum absolute atomic E-state index is 5.95. The van der Waals surface area contributed by atoms with Crippen molar-refractivity contribution in [3.05, 3.63) is 35.4 Å². The third kappa shape index (κ3) is 2.07. The molecule has 3 rings (SSSR count). The Bertz CT molecular complexity index is 431. The van der Waals surface area contributed by atoms with Gasteiger partial charge in [0.2, 0.25) is 0 Å². The first kappa shape index (κ1) is 10.8. The molecule has 0 unspecified atom stereocenters. The Morgan fingerprint density at radius 1 is 1.18 bits per heavy atom. The summed E-state index contributed by atoms with van der Waals surface area (Å²) >= 11 is 0. The van der Waals surface area contributed by atoms with Gasteiger partial charge in [-0.3, -0.25) is 4.99 Å². The van der Waals surface area contributed by atoms with E-state index in [0.717, 1.165) is 38.9 Å². The molecule has 3 nitrogen and oxygen atoms in total. The number of nitrogens with zero attached hydrogens (tertiary/aromatic N) is 2. The number of hydrogen-bond donors (Lipinski definition) is 1. The molecular weight excluding hydrogens is 210 g/mol. The molecule has 17 heavy (non-hydrogen) atoms. The number of likely N-dealkylation sites (tertiary alicyclic amines) is 1. The number of benzene rings is 1. The number of nitrogens with two attached hydrogens (primary N) is 1. The highest BCUT2D eigenvalue weighted by Gasteiger charge is 2.23. The Balaban J connectivity index is 1.86. The van der Waals surface area contributed by atoms with Gasteiger partial charge in [0.1, 0.15) is 5.84 Å². The Kier molecular flexibility index (Phi) is 2.85. The average molecular weight is 229 g/mol. The number of hydrogen-bond acceptors (Lipinski definition) is 3. The van der Waals surface area contributed by atoms with Gasteiger partial charge >= 0.3 is 0 Å². The zero-order chi connectivity index (χ0) is 11.7. The quantitative estimate of drug-likeness (QED) is 0.731. The van der Waals surface area contributed by atoms with Crippen LogP contribution in [0.4, 0.5) is 0 Å². The van der Waals surface area contributed by atoms with E-state index in [2.05, 4.69) is 29.2 Å². The van der Waals surface area contributed by atoms with Gasteiger partial charge in [-0.2, -0.15) is 0 Å². The van der Waals surface area contributed by atoms with Crippen LogP contribution in [0.3, 0.4) is 0 Å². The predicted octanol–water partition coefficient (Wildman–Crippen LogP) is 1.41. The fourth-order valence-corrected chi connectivity index (χ4v) is 2.71. The average Bonchev–Trinajstić information content (AvgIpc) is 2.39. The molecule has 1 aromatic carbocycles. The van der Waals surface area contributed by atoms with E-state index < -0.39 is 0 Å². The van der Waals surface area contributed by atoms with Crippen LogP contribution in [0.5, 0.6) is 0 Å². The molecule has 1 saturated heterocycles. The number of fused-ring (bicyclic) bond motifs is 1. The minimum Gasteiger partial charge on any atom is -0.356 e. The standard InChI is InChI=1S/C14H19N3/c15-12-6-9-17(10-7-12)14-13-4-2-1-3-11(13)5-8-16-14/h1-4,12H,5-10,15H2. The fourth-order valence-electron chi connectivity index (χ4n) is 2.71. The third-order valence-electron chi connectivity index (χ3n) is 3.74. The fraction of sp³-hybridized carbons (Fsp3) is 0.500. The van der Waals surface area contributed by atoms with Crippen LogP contribution in [0.25, 0.3) is 0 Å². The van der Waals surface area contributed by atoms with Gasteiger partial charge in [0.25, 0.3) is 0 Å². The van der Waals surface area contributed by atoms with Crippen LogP contribution in [0, 0.1) is 0 Å². The highest BCUT2D eigenvalue weighted by Crippen LogP contribution is 2.20. The van der Waals surface area contributed by atoms with Gasteiger partial charge in [-0.15, -0.1) is 0 Å². The second-order valence-corrected chi connectivity index (χ2v) is 4.94. The number of amidine groups is 1. The highest BCUT2D eigenvalue weighted by atomic mass is 15.2. The molecule has 0 saturated carbocycles. The third-order valence-corrected chi connectivity index (χ3v) is 3.74. The van der Waals surface area contributed by atoms with Crippen molar-refractivity contribution >= 4 is 5.84 Å². The molecular formula is C14H19N3. The maximum Gasteiger partial charge on any atom is 0.131 e. The van der Waals surface area contributed by atoms with Crippen LogP contribution in [0.1, 0.15) is 24.0 Å². The zero-order valence-corrected chi connectivity index (χ0v) is 10.1. The van der Waals surface area contributed by atoms with E-state index in [4.69, 9.17) is 10.7 Å². The van der Waals surface area contributed by atoms with Crippen molar-refractivity contribution in [2.45, 2.75) is 25.3 Å². The van der Waals surface area contributed by atoms with Gasteiger partial charge in [0, 0.05) is 31.2 Å². The molecule has 0 bridgehead atoms. The summed E-state index contributed by atoms with van der Waals surface area (Å²) in [6.07, 6.45) is 3.25. The molecule has 2 aliphatic heterocycles. The van der Waals surface area contributed by atoms with Crippen molar-refractivity contribution in [1.82, 2.24) is 4.90 Å².